The Morgan fingerprint density at radius 3 is 2.50 bits per heavy atom. The van der Waals surface area contributed by atoms with Crippen molar-refractivity contribution < 1.29 is 28.9 Å². The first kappa shape index (κ1) is 23.9. The first-order chi connectivity index (χ1) is 16.0. The summed E-state index contributed by atoms with van der Waals surface area (Å²) in [6.45, 7) is 10.7. The van der Waals surface area contributed by atoms with Crippen LogP contribution in [0.4, 0.5) is 4.79 Å². The second kappa shape index (κ2) is 8.83. The monoisotopic (exact) mass is 468 g/mol. The van der Waals surface area contributed by atoms with Gasteiger partial charge >= 0.3 is 6.03 Å². The third kappa shape index (κ3) is 4.55. The van der Waals surface area contributed by atoms with E-state index in [1.165, 1.54) is 5.56 Å². The highest BCUT2D eigenvalue weighted by Crippen LogP contribution is 2.37. The zero-order valence-corrected chi connectivity index (χ0v) is 20.3. The Hall–Kier alpha value is -3.26. The van der Waals surface area contributed by atoms with Gasteiger partial charge in [0.25, 0.3) is 5.91 Å². The lowest BCUT2D eigenvalue weighted by molar-refractivity contribution is -0.132. The van der Waals surface area contributed by atoms with Gasteiger partial charge in [0.2, 0.25) is 0 Å². The highest BCUT2D eigenvalue weighted by Gasteiger charge is 2.49. The van der Waals surface area contributed by atoms with Crippen molar-refractivity contribution in [3.8, 4) is 17.2 Å². The molecule has 8 nitrogen and oxygen atoms in total. The number of carbonyl (C=O) groups excluding carboxylic acids is 2. The van der Waals surface area contributed by atoms with Gasteiger partial charge in [-0.05, 0) is 54.2 Å². The van der Waals surface area contributed by atoms with Gasteiger partial charge in [-0.15, -0.1) is 0 Å². The number of hydrogen-bond acceptors (Lipinski definition) is 6. The van der Waals surface area contributed by atoms with Crippen LogP contribution in [0.15, 0.2) is 36.4 Å². The van der Waals surface area contributed by atoms with Crippen LogP contribution in [-0.2, 0) is 15.7 Å². The Morgan fingerprint density at radius 2 is 1.82 bits per heavy atom. The molecular formula is C26H32N2O6. The van der Waals surface area contributed by atoms with Gasteiger partial charge in [0, 0.05) is 0 Å². The minimum absolute atomic E-state index is 0.0239. The van der Waals surface area contributed by atoms with Crippen molar-refractivity contribution in [1.82, 2.24) is 10.2 Å². The molecule has 2 aliphatic heterocycles. The summed E-state index contributed by atoms with van der Waals surface area (Å²) >= 11 is 0. The van der Waals surface area contributed by atoms with Crippen molar-refractivity contribution in [2.24, 2.45) is 0 Å². The smallest absolute Gasteiger partial charge is 0.325 e. The molecule has 2 N–H and O–H groups in total. The summed E-state index contributed by atoms with van der Waals surface area (Å²) in [6, 6.07) is 10.6. The second-order valence-electron chi connectivity index (χ2n) is 10.0. The molecule has 0 aromatic heterocycles. The van der Waals surface area contributed by atoms with Gasteiger partial charge in [-0.25, -0.2) is 4.79 Å². The first-order valence-electron chi connectivity index (χ1n) is 11.5. The van der Waals surface area contributed by atoms with E-state index in [1.807, 2.05) is 19.1 Å². The Morgan fingerprint density at radius 1 is 1.12 bits per heavy atom. The van der Waals surface area contributed by atoms with Gasteiger partial charge in [-0.1, -0.05) is 39.0 Å². The molecule has 0 radical (unpaired) electrons. The maximum absolute atomic E-state index is 13.2. The number of aliphatic hydroxyl groups is 1. The zero-order valence-electron chi connectivity index (χ0n) is 20.3. The number of β-amino-alcohol motifs (C(OH)–C–C–N with tert-alkyl or cyclic N) is 1. The normalized spacial score (nSPS) is 20.8. The quantitative estimate of drug-likeness (QED) is 0.632. The highest BCUT2D eigenvalue weighted by atomic mass is 16.6. The largest absolute Gasteiger partial charge is 0.491 e. The van der Waals surface area contributed by atoms with Gasteiger partial charge < -0.3 is 24.6 Å². The number of rotatable bonds is 6. The highest BCUT2D eigenvalue weighted by molar-refractivity contribution is 6.07. The molecule has 2 aromatic carbocycles. The number of benzene rings is 2. The molecule has 182 valence electrons. The standard InChI is InChI=1S/C26H32N2O6/c1-16-12-17(25(2,3)4)6-8-20(16)34-15-19(29)14-28-23(30)26(5,27-24(28)31)18-7-9-21-22(13-18)33-11-10-32-21/h6-9,12-13,19,29H,10-11,14-15H2,1-5H3,(H,27,31)/t19-,26+/m1/s1. The zero-order chi connectivity index (χ0) is 24.7. The Labute approximate surface area is 199 Å². The third-order valence-electron chi connectivity index (χ3n) is 6.26. The van der Waals surface area contributed by atoms with Crippen LogP contribution < -0.4 is 19.5 Å². The van der Waals surface area contributed by atoms with E-state index in [1.54, 1.807) is 25.1 Å². The van der Waals surface area contributed by atoms with Crippen molar-refractivity contribution in [2.45, 2.75) is 51.7 Å². The lowest BCUT2D eigenvalue weighted by Crippen LogP contribution is -2.42. The van der Waals surface area contributed by atoms with Gasteiger partial charge in [-0.3, -0.25) is 9.69 Å². The molecule has 4 rings (SSSR count). The number of aliphatic hydroxyl groups excluding tert-OH is 1. The van der Waals surface area contributed by atoms with Crippen LogP contribution in [-0.4, -0.2) is 54.4 Å². The molecule has 3 amide bonds. The van der Waals surface area contributed by atoms with Crippen LogP contribution in [0.1, 0.15) is 44.4 Å². The summed E-state index contributed by atoms with van der Waals surface area (Å²) in [6.07, 6.45) is -1.04. The minimum atomic E-state index is -1.27. The molecule has 34 heavy (non-hydrogen) atoms. The summed E-state index contributed by atoms with van der Waals surface area (Å²) in [4.78, 5) is 26.9. The summed E-state index contributed by atoms with van der Waals surface area (Å²) in [5.74, 6) is 1.35. The number of hydrogen-bond donors (Lipinski definition) is 2. The summed E-state index contributed by atoms with van der Waals surface area (Å²) in [7, 11) is 0. The van der Waals surface area contributed by atoms with Gasteiger partial charge in [0.05, 0.1) is 6.54 Å². The number of urea groups is 1. The number of ether oxygens (including phenoxy) is 3. The van der Waals surface area contributed by atoms with Crippen molar-refractivity contribution >= 4 is 11.9 Å². The van der Waals surface area contributed by atoms with Gasteiger partial charge in [0.1, 0.15) is 37.2 Å². The molecule has 2 atom stereocenters. The molecular weight excluding hydrogens is 436 g/mol. The number of aryl methyl sites for hydroxylation is 1. The Balaban J connectivity index is 1.41. The van der Waals surface area contributed by atoms with E-state index in [2.05, 4.69) is 32.2 Å². The molecule has 0 spiro atoms. The topological polar surface area (TPSA) is 97.3 Å². The fraction of sp³-hybridized carbons (Fsp3) is 0.462. The predicted octanol–water partition coefficient (Wildman–Crippen LogP) is 3.27. The number of imide groups is 1. The molecule has 2 aromatic rings. The average Bonchev–Trinajstić information content (AvgIpc) is 3.01. The van der Waals surface area contributed by atoms with Crippen molar-refractivity contribution in [3.63, 3.8) is 0 Å². The van der Waals surface area contributed by atoms with Crippen LogP contribution in [0.25, 0.3) is 0 Å². The summed E-state index contributed by atoms with van der Waals surface area (Å²) in [5, 5.41) is 13.3. The van der Waals surface area contributed by atoms with E-state index in [0.29, 0.717) is 36.0 Å². The van der Waals surface area contributed by atoms with Crippen LogP contribution >= 0.6 is 0 Å². The van der Waals surface area contributed by atoms with E-state index in [-0.39, 0.29) is 18.6 Å². The van der Waals surface area contributed by atoms with E-state index in [4.69, 9.17) is 14.2 Å². The fourth-order valence-corrected chi connectivity index (χ4v) is 4.14. The van der Waals surface area contributed by atoms with Crippen molar-refractivity contribution in [1.29, 1.82) is 0 Å². The maximum Gasteiger partial charge on any atom is 0.325 e. The summed E-state index contributed by atoms with van der Waals surface area (Å²) in [5.41, 5.74) is 1.48. The molecule has 8 heteroatoms. The van der Waals surface area contributed by atoms with E-state index in [9.17, 15) is 14.7 Å². The number of fused-ring (bicyclic) bond motifs is 1. The number of carbonyl (C=O) groups is 2. The molecule has 1 fully saturated rings. The molecule has 1 saturated heterocycles. The van der Waals surface area contributed by atoms with Crippen molar-refractivity contribution in [2.75, 3.05) is 26.4 Å². The Kier molecular flexibility index (Phi) is 6.20. The number of nitrogens with zero attached hydrogens (tertiary/aromatic N) is 1. The SMILES string of the molecule is Cc1cc(C(C)(C)C)ccc1OC[C@H](O)CN1C(=O)N[C@@](C)(c2ccc3c(c2)OCCO3)C1=O. The maximum atomic E-state index is 13.2. The van der Waals surface area contributed by atoms with Crippen LogP contribution in [0, 0.1) is 6.92 Å². The lowest BCUT2D eigenvalue weighted by Gasteiger charge is -2.25. The number of amides is 3. The van der Waals surface area contributed by atoms with E-state index < -0.39 is 23.6 Å². The molecule has 2 aliphatic rings. The third-order valence-corrected chi connectivity index (χ3v) is 6.26. The molecule has 0 saturated carbocycles. The van der Waals surface area contributed by atoms with Crippen molar-refractivity contribution in [3.05, 3.63) is 53.1 Å². The lowest BCUT2D eigenvalue weighted by atomic mass is 9.86. The fourth-order valence-electron chi connectivity index (χ4n) is 4.14. The molecule has 0 aliphatic carbocycles. The number of nitrogens with one attached hydrogen (secondary N) is 1. The predicted molar refractivity (Wildman–Crippen MR) is 126 cm³/mol. The molecule has 0 unspecified atom stereocenters. The minimum Gasteiger partial charge on any atom is -0.491 e. The van der Waals surface area contributed by atoms with E-state index >= 15 is 0 Å². The molecule has 0 bridgehead atoms. The second-order valence-corrected chi connectivity index (χ2v) is 10.0. The molecule has 2 heterocycles. The van der Waals surface area contributed by atoms with Gasteiger partial charge in [0.15, 0.2) is 11.5 Å². The van der Waals surface area contributed by atoms with Crippen LogP contribution in [0.3, 0.4) is 0 Å². The average molecular weight is 469 g/mol. The Bertz CT molecular complexity index is 1110. The van der Waals surface area contributed by atoms with Crippen LogP contribution in [0.2, 0.25) is 0 Å². The van der Waals surface area contributed by atoms with Gasteiger partial charge in [-0.2, -0.15) is 0 Å². The van der Waals surface area contributed by atoms with Crippen LogP contribution in [0.5, 0.6) is 17.2 Å². The first-order valence-corrected chi connectivity index (χ1v) is 11.5. The van der Waals surface area contributed by atoms with E-state index in [0.717, 1.165) is 10.5 Å². The summed E-state index contributed by atoms with van der Waals surface area (Å²) < 4.78 is 16.9.